The quantitative estimate of drug-likeness (QED) is 0.319. The minimum atomic E-state index is -1.06. The highest BCUT2D eigenvalue weighted by atomic mass is 35.5. The van der Waals surface area contributed by atoms with E-state index >= 15 is 0 Å². The summed E-state index contributed by atoms with van der Waals surface area (Å²) in [5.41, 5.74) is 2.25. The molecule has 0 aromatic heterocycles. The van der Waals surface area contributed by atoms with Crippen molar-refractivity contribution in [3.63, 3.8) is 0 Å². The predicted octanol–water partition coefficient (Wildman–Crippen LogP) is 4.61. The van der Waals surface area contributed by atoms with Crippen LogP contribution in [0.3, 0.4) is 0 Å². The average Bonchev–Trinajstić information content (AvgIpc) is 3.31. The van der Waals surface area contributed by atoms with Crippen LogP contribution >= 0.6 is 11.6 Å². The number of amides is 2. The average molecular weight is 464 g/mol. The SMILES string of the molecule is Cc1ccc(N2C(=O)[C@H]3[C@@H](ON(c4ccccc4)[C@H]3c3ccc(Cl)c([N+](=O)[O-])c3)C2=O)cc1. The molecule has 0 saturated carbocycles. The minimum Gasteiger partial charge on any atom is -0.273 e. The second-order valence-electron chi connectivity index (χ2n) is 7.97. The van der Waals surface area contributed by atoms with Crippen molar-refractivity contribution in [3.8, 4) is 0 Å². The number of rotatable bonds is 4. The van der Waals surface area contributed by atoms with Gasteiger partial charge in [-0.1, -0.05) is 53.6 Å². The maximum absolute atomic E-state index is 13.6. The van der Waals surface area contributed by atoms with Gasteiger partial charge in [0.25, 0.3) is 11.6 Å². The maximum atomic E-state index is 13.6. The molecule has 0 unspecified atom stereocenters. The Hall–Kier alpha value is -3.75. The zero-order valence-electron chi connectivity index (χ0n) is 17.4. The molecule has 8 nitrogen and oxygen atoms in total. The molecule has 2 saturated heterocycles. The molecule has 0 radical (unpaired) electrons. The molecule has 2 amide bonds. The van der Waals surface area contributed by atoms with Crippen molar-refractivity contribution in [1.82, 2.24) is 0 Å². The van der Waals surface area contributed by atoms with Crippen LogP contribution in [0.5, 0.6) is 0 Å². The van der Waals surface area contributed by atoms with Gasteiger partial charge in [0.05, 0.1) is 22.3 Å². The molecule has 2 heterocycles. The summed E-state index contributed by atoms with van der Waals surface area (Å²) < 4.78 is 0. The Morgan fingerprint density at radius 3 is 2.30 bits per heavy atom. The molecule has 0 bridgehead atoms. The molecule has 166 valence electrons. The summed E-state index contributed by atoms with van der Waals surface area (Å²) in [6.45, 7) is 1.91. The molecule has 0 aliphatic carbocycles. The summed E-state index contributed by atoms with van der Waals surface area (Å²) in [5, 5.41) is 13.0. The highest BCUT2D eigenvalue weighted by Gasteiger charge is 2.60. The first-order valence-electron chi connectivity index (χ1n) is 10.3. The van der Waals surface area contributed by atoms with Crippen molar-refractivity contribution in [2.75, 3.05) is 9.96 Å². The van der Waals surface area contributed by atoms with Crippen LogP contribution < -0.4 is 9.96 Å². The Morgan fingerprint density at radius 1 is 0.939 bits per heavy atom. The molecular formula is C24H18ClN3O5. The molecule has 5 rings (SSSR count). The number of imide groups is 1. The molecule has 3 aromatic rings. The Kier molecular flexibility index (Phi) is 5.11. The Labute approximate surface area is 194 Å². The van der Waals surface area contributed by atoms with E-state index in [0.29, 0.717) is 16.9 Å². The number of para-hydroxylation sites is 1. The van der Waals surface area contributed by atoms with Crippen LogP contribution in [0.2, 0.25) is 5.02 Å². The third-order valence-corrected chi connectivity index (χ3v) is 6.25. The third-order valence-electron chi connectivity index (χ3n) is 5.93. The number of halogens is 1. The van der Waals surface area contributed by atoms with E-state index in [9.17, 15) is 19.7 Å². The number of benzene rings is 3. The predicted molar refractivity (Wildman–Crippen MR) is 122 cm³/mol. The van der Waals surface area contributed by atoms with Gasteiger partial charge in [-0.15, -0.1) is 0 Å². The van der Waals surface area contributed by atoms with Gasteiger partial charge in [-0.25, -0.2) is 9.96 Å². The smallest absolute Gasteiger partial charge is 0.273 e. The van der Waals surface area contributed by atoms with Gasteiger partial charge in [0, 0.05) is 6.07 Å². The largest absolute Gasteiger partial charge is 0.288 e. The summed E-state index contributed by atoms with van der Waals surface area (Å²) in [4.78, 5) is 45.0. The molecule has 2 fully saturated rings. The zero-order valence-corrected chi connectivity index (χ0v) is 18.2. The van der Waals surface area contributed by atoms with Gasteiger partial charge < -0.3 is 0 Å². The summed E-state index contributed by atoms with van der Waals surface area (Å²) >= 11 is 6.01. The number of hydrogen-bond donors (Lipinski definition) is 0. The van der Waals surface area contributed by atoms with Gasteiger partial charge in [-0.3, -0.25) is 24.5 Å². The van der Waals surface area contributed by atoms with Crippen LogP contribution in [0, 0.1) is 23.0 Å². The van der Waals surface area contributed by atoms with E-state index in [2.05, 4.69) is 0 Å². The van der Waals surface area contributed by atoms with Crippen molar-refractivity contribution in [2.45, 2.75) is 19.1 Å². The van der Waals surface area contributed by atoms with Gasteiger partial charge in [0.2, 0.25) is 5.91 Å². The third kappa shape index (κ3) is 3.44. The monoisotopic (exact) mass is 463 g/mol. The topological polar surface area (TPSA) is 93.0 Å². The second-order valence-corrected chi connectivity index (χ2v) is 8.38. The van der Waals surface area contributed by atoms with E-state index in [-0.39, 0.29) is 10.7 Å². The molecule has 3 atom stereocenters. The van der Waals surface area contributed by atoms with E-state index in [4.69, 9.17) is 16.4 Å². The zero-order chi connectivity index (χ0) is 23.3. The molecule has 3 aromatic carbocycles. The summed E-state index contributed by atoms with van der Waals surface area (Å²) in [7, 11) is 0. The van der Waals surface area contributed by atoms with E-state index in [1.54, 1.807) is 42.5 Å². The molecule has 2 aliphatic rings. The standard InChI is InChI=1S/C24H18ClN3O5/c1-14-7-10-16(11-8-14)26-23(29)20-21(15-9-12-18(25)19(13-15)28(31)32)27(33-22(20)24(26)30)17-5-3-2-4-6-17/h2-13,20-22H,1H3/t20-,21+,22-/m1/s1. The van der Waals surface area contributed by atoms with E-state index in [1.807, 2.05) is 25.1 Å². The lowest BCUT2D eigenvalue weighted by molar-refractivity contribution is -0.384. The van der Waals surface area contributed by atoms with Crippen LogP contribution in [0.4, 0.5) is 17.1 Å². The van der Waals surface area contributed by atoms with Crippen LogP contribution in [-0.2, 0) is 14.4 Å². The fraction of sp³-hybridized carbons (Fsp3) is 0.167. The van der Waals surface area contributed by atoms with Gasteiger partial charge >= 0.3 is 0 Å². The van der Waals surface area contributed by atoms with E-state index in [1.165, 1.54) is 17.2 Å². The minimum absolute atomic E-state index is 0.0133. The molecule has 33 heavy (non-hydrogen) atoms. The lowest BCUT2D eigenvalue weighted by Crippen LogP contribution is -2.37. The lowest BCUT2D eigenvalue weighted by atomic mass is 9.90. The van der Waals surface area contributed by atoms with Crippen molar-refractivity contribution >= 4 is 40.5 Å². The van der Waals surface area contributed by atoms with Crippen molar-refractivity contribution in [2.24, 2.45) is 5.92 Å². The number of anilines is 2. The molecule has 9 heteroatoms. The molecule has 2 aliphatic heterocycles. The number of carbonyl (C=O) groups is 2. The highest BCUT2D eigenvalue weighted by Crippen LogP contribution is 2.48. The summed E-state index contributed by atoms with van der Waals surface area (Å²) in [5.74, 6) is -1.78. The fourth-order valence-electron chi connectivity index (χ4n) is 4.35. The summed E-state index contributed by atoms with van der Waals surface area (Å²) in [6.07, 6.45) is -1.06. The number of fused-ring (bicyclic) bond motifs is 1. The van der Waals surface area contributed by atoms with Crippen molar-refractivity contribution in [1.29, 1.82) is 0 Å². The second kappa shape index (κ2) is 7.99. The van der Waals surface area contributed by atoms with E-state index < -0.39 is 34.8 Å². The fourth-order valence-corrected chi connectivity index (χ4v) is 4.54. The Bertz CT molecular complexity index is 1260. The summed E-state index contributed by atoms with van der Waals surface area (Å²) in [6, 6.07) is 19.7. The van der Waals surface area contributed by atoms with Crippen molar-refractivity contribution in [3.05, 3.63) is 99.1 Å². The Morgan fingerprint density at radius 2 is 1.64 bits per heavy atom. The van der Waals surface area contributed by atoms with Crippen LogP contribution in [-0.4, -0.2) is 22.8 Å². The van der Waals surface area contributed by atoms with Gasteiger partial charge in [0.1, 0.15) is 10.9 Å². The number of aryl methyl sites for hydroxylation is 1. The highest BCUT2D eigenvalue weighted by molar-refractivity contribution is 6.32. The van der Waals surface area contributed by atoms with Crippen LogP contribution in [0.25, 0.3) is 0 Å². The van der Waals surface area contributed by atoms with Crippen LogP contribution in [0.1, 0.15) is 17.2 Å². The number of carbonyl (C=O) groups excluding carboxylic acids is 2. The van der Waals surface area contributed by atoms with Gasteiger partial charge in [-0.05, 0) is 42.8 Å². The van der Waals surface area contributed by atoms with Gasteiger partial charge in [0.15, 0.2) is 6.10 Å². The first kappa shape index (κ1) is 21.1. The molecular weight excluding hydrogens is 446 g/mol. The maximum Gasteiger partial charge on any atom is 0.288 e. The van der Waals surface area contributed by atoms with E-state index in [0.717, 1.165) is 10.5 Å². The van der Waals surface area contributed by atoms with Crippen LogP contribution in [0.15, 0.2) is 72.8 Å². The van der Waals surface area contributed by atoms with Gasteiger partial charge in [-0.2, -0.15) is 0 Å². The first-order chi connectivity index (χ1) is 15.9. The van der Waals surface area contributed by atoms with Crippen molar-refractivity contribution < 1.29 is 19.3 Å². The normalized spacial score (nSPS) is 22.1. The number of hydrogen-bond acceptors (Lipinski definition) is 6. The first-order valence-corrected chi connectivity index (χ1v) is 10.6. The molecule has 0 N–H and O–H groups in total. The number of nitro groups is 1. The number of hydroxylamine groups is 1. The Balaban J connectivity index is 1.61. The number of nitrogens with zero attached hydrogens (tertiary/aromatic N) is 3. The molecule has 0 spiro atoms. The lowest BCUT2D eigenvalue weighted by Gasteiger charge is -2.28. The number of nitro benzene ring substituents is 1.